The molecule has 2 aromatic rings. The lowest BCUT2D eigenvalue weighted by Gasteiger charge is -2.37. The summed E-state index contributed by atoms with van der Waals surface area (Å²) in [7, 11) is 0. The van der Waals surface area contributed by atoms with Gasteiger partial charge in [-0.25, -0.2) is 0 Å². The van der Waals surface area contributed by atoms with Crippen molar-refractivity contribution in [2.45, 2.75) is 180 Å². The Morgan fingerprint density at radius 1 is 0.659 bits per heavy atom. The topological polar surface area (TPSA) is 0 Å². The first-order chi connectivity index (χ1) is 20.2. The molecule has 0 aromatic carbocycles. The summed E-state index contributed by atoms with van der Waals surface area (Å²) in [5.41, 5.74) is 0. The average Bonchev–Trinajstić information content (AvgIpc) is 3.72. The average molecular weight is 617 g/mol. The van der Waals surface area contributed by atoms with Gasteiger partial charge in [0, 0.05) is 14.3 Å². The molecule has 3 heterocycles. The van der Waals surface area contributed by atoms with Crippen LogP contribution >= 0.6 is 34.4 Å². The lowest BCUT2D eigenvalue weighted by Crippen LogP contribution is -2.29. The van der Waals surface area contributed by atoms with Gasteiger partial charge < -0.3 is 0 Å². The van der Waals surface area contributed by atoms with Crippen molar-refractivity contribution in [3.05, 3.63) is 33.4 Å². The van der Waals surface area contributed by atoms with Gasteiger partial charge in [0.1, 0.15) is 0 Å². The Hall–Kier alpha value is -0.250. The maximum atomic E-state index is 2.71. The summed E-state index contributed by atoms with van der Waals surface area (Å²) in [6, 6.07) is 4.95. The molecule has 3 rings (SSSR count). The van der Waals surface area contributed by atoms with Crippen molar-refractivity contribution < 1.29 is 0 Å². The standard InChI is InChI=1S/C38H64S3/c1-5-9-11-13-15-17-19-21-23-25-32(7-3)34-27-29-38(41-34,37-31-36-35(40-37)28-30-39-36)33(8-4)26-24-22-20-18-16-14-12-10-6-2/h27-28,30-33H,5-26,29H2,1-4H3. The monoisotopic (exact) mass is 616 g/mol. The lowest BCUT2D eigenvalue weighted by molar-refractivity contribution is 0.343. The van der Waals surface area contributed by atoms with Gasteiger partial charge >= 0.3 is 0 Å². The van der Waals surface area contributed by atoms with Gasteiger partial charge in [0.05, 0.1) is 4.75 Å². The van der Waals surface area contributed by atoms with Crippen LogP contribution < -0.4 is 0 Å². The Morgan fingerprint density at radius 2 is 1.22 bits per heavy atom. The summed E-state index contributed by atoms with van der Waals surface area (Å²) in [5.74, 6) is 1.56. The smallest absolute Gasteiger partial charge is 0.0608 e. The van der Waals surface area contributed by atoms with Crippen LogP contribution in [0, 0.1) is 11.8 Å². The van der Waals surface area contributed by atoms with Gasteiger partial charge in [0.2, 0.25) is 0 Å². The van der Waals surface area contributed by atoms with Crippen LogP contribution in [0.4, 0.5) is 0 Å². The summed E-state index contributed by atoms with van der Waals surface area (Å²) in [4.78, 5) is 3.42. The van der Waals surface area contributed by atoms with Crippen LogP contribution in [0.5, 0.6) is 0 Å². The van der Waals surface area contributed by atoms with Crippen molar-refractivity contribution in [1.29, 1.82) is 0 Å². The first-order valence-corrected chi connectivity index (χ1v) is 20.6. The van der Waals surface area contributed by atoms with Gasteiger partial charge in [-0.15, -0.1) is 34.4 Å². The molecule has 1 aliphatic rings. The third-order valence-corrected chi connectivity index (χ3v) is 14.0. The fourth-order valence-electron chi connectivity index (χ4n) is 7.09. The quantitative estimate of drug-likeness (QED) is 0.1000. The summed E-state index contributed by atoms with van der Waals surface area (Å²) < 4.78 is 3.30. The summed E-state index contributed by atoms with van der Waals surface area (Å²) >= 11 is 6.38. The number of hydrogen-bond acceptors (Lipinski definition) is 3. The Morgan fingerprint density at radius 3 is 1.76 bits per heavy atom. The van der Waals surface area contributed by atoms with E-state index in [1.165, 1.54) is 157 Å². The first kappa shape index (κ1) is 35.2. The summed E-state index contributed by atoms with van der Waals surface area (Å²) in [5, 5.41) is 2.28. The molecule has 2 aromatic heterocycles. The molecule has 0 saturated carbocycles. The highest BCUT2D eigenvalue weighted by molar-refractivity contribution is 8.04. The third-order valence-electron chi connectivity index (χ3n) is 9.82. The van der Waals surface area contributed by atoms with E-state index in [1.54, 1.807) is 9.78 Å². The van der Waals surface area contributed by atoms with E-state index in [9.17, 15) is 0 Å². The molecule has 3 atom stereocenters. The molecule has 41 heavy (non-hydrogen) atoms. The predicted molar refractivity (Wildman–Crippen MR) is 193 cm³/mol. The van der Waals surface area contributed by atoms with Crippen LogP contribution in [0.25, 0.3) is 9.40 Å². The molecule has 234 valence electrons. The Kier molecular flexibility index (Phi) is 17.8. The van der Waals surface area contributed by atoms with E-state index in [-0.39, 0.29) is 4.75 Å². The molecule has 0 radical (unpaired) electrons. The Bertz CT molecular complexity index is 923. The zero-order chi connectivity index (χ0) is 29.2. The van der Waals surface area contributed by atoms with Crippen LogP contribution in [0.15, 0.2) is 28.5 Å². The molecule has 0 aliphatic carbocycles. The highest BCUT2D eigenvalue weighted by atomic mass is 32.2. The van der Waals surface area contributed by atoms with E-state index in [2.05, 4.69) is 74.4 Å². The number of thiophene rings is 2. The van der Waals surface area contributed by atoms with E-state index in [0.29, 0.717) is 0 Å². The van der Waals surface area contributed by atoms with Crippen LogP contribution in [-0.2, 0) is 4.75 Å². The molecule has 1 aliphatic heterocycles. The molecular formula is C38H64S3. The number of allylic oxidation sites excluding steroid dienone is 2. The Balaban J connectivity index is 1.53. The van der Waals surface area contributed by atoms with Crippen molar-refractivity contribution in [2.75, 3.05) is 0 Å². The number of fused-ring (bicyclic) bond motifs is 1. The second-order valence-electron chi connectivity index (χ2n) is 13.0. The molecule has 0 nitrogen and oxygen atoms in total. The maximum absolute atomic E-state index is 2.71. The van der Waals surface area contributed by atoms with E-state index >= 15 is 0 Å². The normalized spacial score (nSPS) is 18.8. The Labute approximate surface area is 267 Å². The zero-order valence-electron chi connectivity index (χ0n) is 27.5. The second kappa shape index (κ2) is 20.7. The molecule has 0 amide bonds. The minimum Gasteiger partial charge on any atom is -0.143 e. The van der Waals surface area contributed by atoms with Gasteiger partial charge in [-0.2, -0.15) is 0 Å². The number of unbranched alkanes of at least 4 members (excludes halogenated alkanes) is 16. The van der Waals surface area contributed by atoms with Crippen molar-refractivity contribution in [3.63, 3.8) is 0 Å². The molecule has 3 unspecified atom stereocenters. The SMILES string of the molecule is CCCCCCCCCCCC(CC)C1=CCC(c2cc3sccc3s2)(C(CC)CCCCCCCCCCC)S1. The van der Waals surface area contributed by atoms with Crippen LogP contribution in [0.2, 0.25) is 0 Å². The van der Waals surface area contributed by atoms with Gasteiger partial charge in [0.15, 0.2) is 0 Å². The van der Waals surface area contributed by atoms with Crippen molar-refractivity contribution in [2.24, 2.45) is 11.8 Å². The van der Waals surface area contributed by atoms with Gasteiger partial charge in [-0.3, -0.25) is 0 Å². The van der Waals surface area contributed by atoms with E-state index in [4.69, 9.17) is 0 Å². The fraction of sp³-hybridized carbons (Fsp3) is 0.789. The van der Waals surface area contributed by atoms with Crippen molar-refractivity contribution in [1.82, 2.24) is 0 Å². The minimum atomic E-state index is 0.277. The molecule has 0 fully saturated rings. The number of thioether (sulfide) groups is 1. The molecule has 0 spiro atoms. The van der Waals surface area contributed by atoms with Crippen molar-refractivity contribution in [3.8, 4) is 0 Å². The van der Waals surface area contributed by atoms with Gasteiger partial charge in [-0.05, 0) is 59.9 Å². The molecule has 0 saturated heterocycles. The lowest BCUT2D eigenvalue weighted by atomic mass is 9.81. The molecule has 3 heteroatoms. The van der Waals surface area contributed by atoms with Gasteiger partial charge in [0.25, 0.3) is 0 Å². The fourth-order valence-corrected chi connectivity index (χ4v) is 11.4. The van der Waals surface area contributed by atoms with E-state index in [0.717, 1.165) is 11.8 Å². The number of hydrogen-bond donors (Lipinski definition) is 0. The summed E-state index contributed by atoms with van der Waals surface area (Å²) in [6.45, 7) is 9.56. The zero-order valence-corrected chi connectivity index (χ0v) is 29.9. The highest BCUT2D eigenvalue weighted by Gasteiger charge is 2.45. The summed E-state index contributed by atoms with van der Waals surface area (Å²) in [6.07, 6.45) is 35.1. The largest absolute Gasteiger partial charge is 0.143 e. The van der Waals surface area contributed by atoms with E-state index < -0.39 is 0 Å². The first-order valence-electron chi connectivity index (χ1n) is 18.0. The predicted octanol–water partition coefficient (Wildman–Crippen LogP) is 15.1. The van der Waals surface area contributed by atoms with Crippen molar-refractivity contribution >= 4 is 43.8 Å². The third kappa shape index (κ3) is 11.3. The maximum Gasteiger partial charge on any atom is 0.0608 e. The van der Waals surface area contributed by atoms with Crippen LogP contribution in [-0.4, -0.2) is 0 Å². The molecule has 0 N–H and O–H groups in total. The number of rotatable bonds is 25. The van der Waals surface area contributed by atoms with Gasteiger partial charge in [-0.1, -0.05) is 156 Å². The van der Waals surface area contributed by atoms with E-state index in [1.807, 2.05) is 11.3 Å². The molecular weight excluding hydrogens is 553 g/mol. The second-order valence-corrected chi connectivity index (χ2v) is 16.4. The highest BCUT2D eigenvalue weighted by Crippen LogP contribution is 2.60. The molecule has 0 bridgehead atoms. The van der Waals surface area contributed by atoms with Crippen LogP contribution in [0.3, 0.4) is 0 Å². The van der Waals surface area contributed by atoms with Crippen LogP contribution in [0.1, 0.15) is 180 Å². The minimum absolute atomic E-state index is 0.277.